The molecule has 0 unspecified atom stereocenters. The molecule has 1 N–H and O–H groups in total. The number of alkyl halides is 5. The number of nitrogens with one attached hydrogen (secondary N) is 1. The second-order valence-electron chi connectivity index (χ2n) is 3.90. The Morgan fingerprint density at radius 2 is 1.90 bits per heavy atom. The summed E-state index contributed by atoms with van der Waals surface area (Å²) in [4.78, 5) is 9.68. The summed E-state index contributed by atoms with van der Waals surface area (Å²) in [5.41, 5.74) is -2.68. The Bertz CT molecular complexity index is 580. The fourth-order valence-corrected chi connectivity index (χ4v) is 1.44. The van der Waals surface area contributed by atoms with E-state index in [1.54, 1.807) is 6.07 Å². The number of hydrogen-bond donors (Lipinski definition) is 1. The van der Waals surface area contributed by atoms with Gasteiger partial charge in [0, 0.05) is 18.2 Å². The van der Waals surface area contributed by atoms with E-state index in [0.717, 1.165) is 6.07 Å². The highest BCUT2D eigenvalue weighted by atomic mass is 19.4. The van der Waals surface area contributed by atoms with Crippen molar-refractivity contribution in [1.82, 2.24) is 0 Å². The van der Waals surface area contributed by atoms with Crippen LogP contribution in [-0.2, 0) is 5.92 Å². The average Bonchev–Trinajstić information content (AvgIpc) is 2.37. The molecule has 10 heteroatoms. The maximum Gasteiger partial charge on any atom is 0.458 e. The van der Waals surface area contributed by atoms with Gasteiger partial charge in [-0.15, -0.1) is 0 Å². The minimum Gasteiger partial charge on any atom is -0.378 e. The SMILES string of the molecule is N#CCCNc1ccc(C(F)(F)C(F)(F)F)cc1[N+](=O)[O-]. The summed E-state index contributed by atoms with van der Waals surface area (Å²) in [5, 5.41) is 21.5. The molecule has 0 aliphatic rings. The number of rotatable bonds is 5. The summed E-state index contributed by atoms with van der Waals surface area (Å²) in [5.74, 6) is -5.19. The van der Waals surface area contributed by atoms with Gasteiger partial charge in [-0.25, -0.2) is 0 Å². The number of benzene rings is 1. The van der Waals surface area contributed by atoms with E-state index in [0.29, 0.717) is 6.07 Å². The topological polar surface area (TPSA) is 79.0 Å². The van der Waals surface area contributed by atoms with Gasteiger partial charge in [0.15, 0.2) is 0 Å². The molecule has 0 spiro atoms. The molecule has 114 valence electrons. The van der Waals surface area contributed by atoms with Crippen molar-refractivity contribution in [3.8, 4) is 6.07 Å². The third-order valence-electron chi connectivity index (χ3n) is 2.47. The lowest BCUT2D eigenvalue weighted by atomic mass is 10.1. The molecular weight excluding hydrogens is 301 g/mol. The van der Waals surface area contributed by atoms with Crippen LogP contribution < -0.4 is 5.32 Å². The maximum absolute atomic E-state index is 13.1. The van der Waals surface area contributed by atoms with Crippen LogP contribution in [0.25, 0.3) is 0 Å². The zero-order chi connectivity index (χ0) is 16.3. The standard InChI is InChI=1S/C11H8F5N3O2/c12-10(13,11(14,15)16)7-2-3-8(18-5-1-4-17)9(6-7)19(20)21/h2-3,6,18H,1,5H2. The first kappa shape index (κ1) is 16.6. The third-order valence-corrected chi connectivity index (χ3v) is 2.47. The lowest BCUT2D eigenvalue weighted by molar-refractivity contribution is -0.384. The Hall–Kier alpha value is -2.44. The molecule has 0 saturated heterocycles. The molecule has 0 fully saturated rings. The number of nitriles is 1. The van der Waals surface area contributed by atoms with Crippen LogP contribution in [0.2, 0.25) is 0 Å². The van der Waals surface area contributed by atoms with Crippen molar-refractivity contribution in [2.45, 2.75) is 18.5 Å². The quantitative estimate of drug-likeness (QED) is 0.390. The van der Waals surface area contributed by atoms with Gasteiger partial charge in [-0.3, -0.25) is 10.1 Å². The molecule has 0 radical (unpaired) electrons. The van der Waals surface area contributed by atoms with Crippen molar-refractivity contribution in [2.24, 2.45) is 0 Å². The Morgan fingerprint density at radius 3 is 2.38 bits per heavy atom. The summed E-state index contributed by atoms with van der Waals surface area (Å²) in [6, 6.07) is 3.12. The van der Waals surface area contributed by atoms with Crippen LogP contribution in [0.3, 0.4) is 0 Å². The van der Waals surface area contributed by atoms with Crippen molar-refractivity contribution < 1.29 is 26.9 Å². The summed E-state index contributed by atoms with van der Waals surface area (Å²) < 4.78 is 63.0. The van der Waals surface area contributed by atoms with E-state index in [2.05, 4.69) is 5.32 Å². The number of hydrogen-bond acceptors (Lipinski definition) is 4. The van der Waals surface area contributed by atoms with Gasteiger partial charge in [0.2, 0.25) is 0 Å². The lowest BCUT2D eigenvalue weighted by Crippen LogP contribution is -2.33. The highest BCUT2D eigenvalue weighted by Crippen LogP contribution is 2.45. The van der Waals surface area contributed by atoms with E-state index < -0.39 is 28.3 Å². The number of anilines is 1. The van der Waals surface area contributed by atoms with Crippen LogP contribution in [0.4, 0.5) is 33.3 Å². The highest BCUT2D eigenvalue weighted by Gasteiger charge is 2.59. The van der Waals surface area contributed by atoms with Gasteiger partial charge in [0.25, 0.3) is 5.69 Å². The summed E-state index contributed by atoms with van der Waals surface area (Å²) in [7, 11) is 0. The van der Waals surface area contributed by atoms with Crippen molar-refractivity contribution >= 4 is 11.4 Å². The lowest BCUT2D eigenvalue weighted by Gasteiger charge is -2.20. The molecule has 1 aromatic carbocycles. The number of nitrogens with zero attached hydrogens (tertiary/aromatic N) is 2. The van der Waals surface area contributed by atoms with Crippen molar-refractivity contribution in [1.29, 1.82) is 5.26 Å². The molecule has 0 aromatic heterocycles. The second-order valence-corrected chi connectivity index (χ2v) is 3.90. The molecule has 0 aliphatic heterocycles. The molecule has 0 bridgehead atoms. The Labute approximate surface area is 115 Å². The van der Waals surface area contributed by atoms with Crippen molar-refractivity contribution in [3.05, 3.63) is 33.9 Å². The molecule has 0 amide bonds. The molecule has 0 saturated carbocycles. The van der Waals surface area contributed by atoms with Gasteiger partial charge in [-0.05, 0) is 6.07 Å². The van der Waals surface area contributed by atoms with Crippen LogP contribution in [-0.4, -0.2) is 17.6 Å². The Morgan fingerprint density at radius 1 is 1.29 bits per heavy atom. The predicted molar refractivity (Wildman–Crippen MR) is 61.8 cm³/mol. The zero-order valence-corrected chi connectivity index (χ0v) is 10.2. The number of nitro groups is 1. The normalized spacial score (nSPS) is 11.8. The van der Waals surface area contributed by atoms with Gasteiger partial charge in [0.1, 0.15) is 5.69 Å². The summed E-state index contributed by atoms with van der Waals surface area (Å²) in [6.07, 6.45) is -5.87. The number of nitro benzene ring substituents is 1. The summed E-state index contributed by atoms with van der Waals surface area (Å²) >= 11 is 0. The first-order valence-electron chi connectivity index (χ1n) is 5.45. The van der Waals surface area contributed by atoms with E-state index in [4.69, 9.17) is 5.26 Å². The Balaban J connectivity index is 3.21. The second kappa shape index (κ2) is 5.90. The zero-order valence-electron chi connectivity index (χ0n) is 10.2. The van der Waals surface area contributed by atoms with Crippen LogP contribution >= 0.6 is 0 Å². The van der Waals surface area contributed by atoms with E-state index in [1.807, 2.05) is 0 Å². The first-order valence-corrected chi connectivity index (χ1v) is 5.45. The highest BCUT2D eigenvalue weighted by molar-refractivity contribution is 5.63. The van der Waals surface area contributed by atoms with Crippen LogP contribution in [0.1, 0.15) is 12.0 Å². The fourth-order valence-electron chi connectivity index (χ4n) is 1.44. The average molecular weight is 309 g/mol. The monoisotopic (exact) mass is 309 g/mol. The van der Waals surface area contributed by atoms with E-state index in [1.165, 1.54) is 0 Å². The van der Waals surface area contributed by atoms with Crippen molar-refractivity contribution in [3.63, 3.8) is 0 Å². The van der Waals surface area contributed by atoms with Crippen molar-refractivity contribution in [2.75, 3.05) is 11.9 Å². The van der Waals surface area contributed by atoms with Crippen LogP contribution in [0.15, 0.2) is 18.2 Å². The van der Waals surface area contributed by atoms with E-state index in [9.17, 15) is 32.1 Å². The number of halogens is 5. The molecular formula is C11H8F5N3O2. The fraction of sp³-hybridized carbons (Fsp3) is 0.364. The minimum atomic E-state index is -5.85. The molecule has 1 rings (SSSR count). The van der Waals surface area contributed by atoms with Crippen LogP contribution in [0, 0.1) is 21.4 Å². The first-order chi connectivity index (χ1) is 9.61. The smallest absolute Gasteiger partial charge is 0.378 e. The molecule has 5 nitrogen and oxygen atoms in total. The summed E-state index contributed by atoms with van der Waals surface area (Å²) in [6.45, 7) is -0.00759. The van der Waals surface area contributed by atoms with Gasteiger partial charge in [-0.2, -0.15) is 27.2 Å². The van der Waals surface area contributed by atoms with Crippen LogP contribution in [0.5, 0.6) is 0 Å². The Kier molecular flexibility index (Phi) is 4.67. The third kappa shape index (κ3) is 3.56. The predicted octanol–water partition coefficient (Wildman–Crippen LogP) is 3.57. The largest absolute Gasteiger partial charge is 0.458 e. The van der Waals surface area contributed by atoms with Gasteiger partial charge in [-0.1, -0.05) is 6.07 Å². The molecule has 1 aromatic rings. The minimum absolute atomic E-state index is 0.00759. The van der Waals surface area contributed by atoms with Gasteiger partial charge in [0.05, 0.1) is 17.4 Å². The molecule has 21 heavy (non-hydrogen) atoms. The van der Waals surface area contributed by atoms with E-state index in [-0.39, 0.29) is 24.7 Å². The van der Waals surface area contributed by atoms with E-state index >= 15 is 0 Å². The molecule has 0 aliphatic carbocycles. The van der Waals surface area contributed by atoms with Gasteiger partial charge < -0.3 is 5.32 Å². The molecule has 0 heterocycles. The maximum atomic E-state index is 13.1. The van der Waals surface area contributed by atoms with Gasteiger partial charge >= 0.3 is 12.1 Å². The molecule has 0 atom stereocenters.